The summed E-state index contributed by atoms with van der Waals surface area (Å²) in [6, 6.07) is 0. The van der Waals surface area contributed by atoms with Gasteiger partial charge < -0.3 is 9.62 Å². The summed E-state index contributed by atoms with van der Waals surface area (Å²) < 4.78 is 0. The van der Waals surface area contributed by atoms with E-state index in [1.165, 1.54) is 13.1 Å². The second kappa shape index (κ2) is 1.84. The van der Waals surface area contributed by atoms with Crippen LogP contribution in [0.15, 0.2) is 0 Å². The average molecular weight is 98.0 g/mol. The van der Waals surface area contributed by atoms with Gasteiger partial charge in [0, 0.05) is 0 Å². The van der Waals surface area contributed by atoms with Gasteiger partial charge in [-0.15, -0.1) is 0 Å². The Morgan fingerprint density at radius 3 is 1.71 bits per heavy atom. The highest BCUT2D eigenvalue weighted by molar-refractivity contribution is 6.29. The lowest BCUT2D eigenvalue weighted by Crippen LogP contribution is -2.23. The van der Waals surface area contributed by atoms with E-state index in [1.54, 1.807) is 0 Å². The van der Waals surface area contributed by atoms with Crippen LogP contribution in [0.1, 0.15) is 0 Å². The lowest BCUT2D eigenvalue weighted by Gasteiger charge is -2.02. The first-order chi connectivity index (χ1) is 3.29. The van der Waals surface area contributed by atoms with E-state index in [-0.39, 0.29) is 0 Å². The normalized spacial score (nSPS) is 25.4. The Morgan fingerprint density at radius 2 is 1.57 bits per heavy atom. The fourth-order valence-electron chi connectivity index (χ4n) is 0.895. The molecule has 0 N–H and O–H groups in total. The van der Waals surface area contributed by atoms with Gasteiger partial charge in [-0.05, 0) is 27.2 Å². The molecule has 0 unspecified atom stereocenters. The monoisotopic (exact) mass is 98.1 g/mol. The van der Waals surface area contributed by atoms with E-state index >= 15 is 0 Å². The minimum Gasteiger partial charge on any atom is -0.333 e. The van der Waals surface area contributed by atoms with Crippen LogP contribution in [0.4, 0.5) is 0 Å². The van der Waals surface area contributed by atoms with Crippen LogP contribution in [0.3, 0.4) is 0 Å². The van der Waals surface area contributed by atoms with Crippen LogP contribution in [0.5, 0.6) is 0 Å². The van der Waals surface area contributed by atoms with Crippen molar-refractivity contribution in [1.29, 1.82) is 0 Å². The first-order valence-corrected chi connectivity index (χ1v) is 2.66. The molecule has 1 aliphatic heterocycles. The first-order valence-electron chi connectivity index (χ1n) is 2.66. The molecule has 0 aromatic rings. The largest absolute Gasteiger partial charge is 0.333 e. The van der Waals surface area contributed by atoms with Gasteiger partial charge >= 0.3 is 0 Å². The van der Waals surface area contributed by atoms with E-state index in [0.717, 1.165) is 7.55 Å². The van der Waals surface area contributed by atoms with Crippen molar-refractivity contribution in [1.82, 2.24) is 9.62 Å². The molecule has 0 amide bonds. The number of likely N-dealkylation sites (N-methyl/N-ethyl adjacent to an activating group) is 2. The zero-order valence-corrected chi connectivity index (χ0v) is 5.02. The van der Waals surface area contributed by atoms with Gasteiger partial charge in [-0.3, -0.25) is 0 Å². The molecule has 0 aromatic heterocycles. The number of hydrogen-bond acceptors (Lipinski definition) is 2. The highest BCUT2D eigenvalue weighted by Crippen LogP contribution is 1.92. The molecule has 0 saturated carbocycles. The van der Waals surface area contributed by atoms with Gasteiger partial charge in [-0.25, -0.2) is 0 Å². The molecule has 7 heavy (non-hydrogen) atoms. The molecule has 1 aliphatic rings. The van der Waals surface area contributed by atoms with Gasteiger partial charge in [0.1, 0.15) is 0 Å². The average Bonchev–Trinajstić information content (AvgIpc) is 1.87. The van der Waals surface area contributed by atoms with E-state index in [9.17, 15) is 0 Å². The van der Waals surface area contributed by atoms with Crippen molar-refractivity contribution in [2.24, 2.45) is 0 Å². The molecule has 2 nitrogen and oxygen atoms in total. The molecule has 0 atom stereocenters. The maximum atomic E-state index is 2.31. The molecule has 1 fully saturated rings. The van der Waals surface area contributed by atoms with E-state index < -0.39 is 0 Å². The van der Waals surface area contributed by atoms with Gasteiger partial charge in [0.2, 0.25) is 0 Å². The molecule has 0 aliphatic carbocycles. The fraction of sp³-hybridized carbons (Fsp3) is 1.00. The smallest absolute Gasteiger partial charge is 0.291 e. The molecule has 3 heteroatoms. The van der Waals surface area contributed by atoms with E-state index in [4.69, 9.17) is 0 Å². The van der Waals surface area contributed by atoms with Crippen molar-refractivity contribution in [3.63, 3.8) is 0 Å². The fourth-order valence-corrected chi connectivity index (χ4v) is 0.895. The maximum Gasteiger partial charge on any atom is 0.291 e. The van der Waals surface area contributed by atoms with Crippen molar-refractivity contribution >= 4 is 7.55 Å². The van der Waals surface area contributed by atoms with Crippen LogP contribution in [-0.4, -0.2) is 44.4 Å². The Hall–Kier alpha value is -0.0151. The van der Waals surface area contributed by atoms with Crippen LogP contribution in [0.2, 0.25) is 0 Å². The lowest BCUT2D eigenvalue weighted by atomic mass is 10.1. The van der Waals surface area contributed by atoms with Gasteiger partial charge in [-0.1, -0.05) is 0 Å². The molecule has 0 aromatic carbocycles. The van der Waals surface area contributed by atoms with E-state index in [2.05, 4.69) is 23.7 Å². The third-order valence-corrected chi connectivity index (χ3v) is 1.35. The minimum absolute atomic E-state index is 1.14. The minimum atomic E-state index is 1.14. The van der Waals surface area contributed by atoms with Crippen molar-refractivity contribution in [2.75, 3.05) is 27.2 Å². The predicted molar refractivity (Wildman–Crippen MR) is 32.4 cm³/mol. The molecular weight excluding hydrogens is 86.9 g/mol. The maximum absolute atomic E-state index is 2.31. The standard InChI is InChI=1S/C4H11BN2/c1-6-3-4-7(2)5-6/h5H,3-4H2,1-2H3. The van der Waals surface area contributed by atoms with Crippen molar-refractivity contribution in [3.8, 4) is 0 Å². The molecule has 0 bridgehead atoms. The van der Waals surface area contributed by atoms with Crippen molar-refractivity contribution in [2.45, 2.75) is 0 Å². The summed E-state index contributed by atoms with van der Waals surface area (Å²) in [6.45, 7) is 2.47. The van der Waals surface area contributed by atoms with Crippen molar-refractivity contribution < 1.29 is 0 Å². The third kappa shape index (κ3) is 1.18. The summed E-state index contributed by atoms with van der Waals surface area (Å²) in [5, 5.41) is 0. The summed E-state index contributed by atoms with van der Waals surface area (Å²) >= 11 is 0. The summed E-state index contributed by atoms with van der Waals surface area (Å²) in [4.78, 5) is 4.61. The number of rotatable bonds is 0. The molecule has 0 spiro atoms. The van der Waals surface area contributed by atoms with Gasteiger partial charge in [-0.2, -0.15) is 0 Å². The topological polar surface area (TPSA) is 6.48 Å². The summed E-state index contributed by atoms with van der Waals surface area (Å²) in [5.74, 6) is 0. The summed E-state index contributed by atoms with van der Waals surface area (Å²) in [6.07, 6.45) is 0. The Balaban J connectivity index is 2.26. The highest BCUT2D eigenvalue weighted by Gasteiger charge is 2.12. The summed E-state index contributed by atoms with van der Waals surface area (Å²) in [7, 11) is 5.42. The molecular formula is C4H11BN2. The Kier molecular flexibility index (Phi) is 1.35. The lowest BCUT2D eigenvalue weighted by molar-refractivity contribution is 0.553. The van der Waals surface area contributed by atoms with E-state index in [1.807, 2.05) is 0 Å². The van der Waals surface area contributed by atoms with Crippen LogP contribution in [0.25, 0.3) is 0 Å². The van der Waals surface area contributed by atoms with Crippen LogP contribution >= 0.6 is 0 Å². The van der Waals surface area contributed by atoms with Crippen LogP contribution in [0, 0.1) is 0 Å². The zero-order valence-electron chi connectivity index (χ0n) is 5.02. The third-order valence-electron chi connectivity index (χ3n) is 1.35. The molecule has 0 radical (unpaired) electrons. The summed E-state index contributed by atoms with van der Waals surface area (Å²) in [5.41, 5.74) is 0. The molecule has 40 valence electrons. The quantitative estimate of drug-likeness (QED) is 0.363. The van der Waals surface area contributed by atoms with E-state index in [0.29, 0.717) is 0 Å². The van der Waals surface area contributed by atoms with Gasteiger partial charge in [0.25, 0.3) is 7.55 Å². The second-order valence-corrected chi connectivity index (χ2v) is 2.30. The number of nitrogens with zero attached hydrogens (tertiary/aromatic N) is 2. The zero-order chi connectivity index (χ0) is 5.28. The van der Waals surface area contributed by atoms with Crippen LogP contribution in [-0.2, 0) is 0 Å². The Morgan fingerprint density at radius 1 is 1.14 bits per heavy atom. The second-order valence-electron chi connectivity index (χ2n) is 2.30. The van der Waals surface area contributed by atoms with Gasteiger partial charge in [0.05, 0.1) is 0 Å². The number of hydrogen-bond donors (Lipinski definition) is 0. The highest BCUT2D eigenvalue weighted by atomic mass is 15.2. The Labute approximate surface area is 45.4 Å². The first kappa shape index (κ1) is 5.13. The molecule has 1 heterocycles. The SMILES string of the molecule is CN1BN(C)CC1. The molecule has 1 rings (SSSR count). The Bertz CT molecular complexity index is 58.7. The predicted octanol–water partition coefficient (Wildman–Crippen LogP) is -0.870. The molecule has 1 saturated heterocycles. The van der Waals surface area contributed by atoms with Crippen molar-refractivity contribution in [3.05, 3.63) is 0 Å². The van der Waals surface area contributed by atoms with Crippen LogP contribution < -0.4 is 0 Å². The van der Waals surface area contributed by atoms with Gasteiger partial charge in [0.15, 0.2) is 0 Å².